The van der Waals surface area contributed by atoms with E-state index in [2.05, 4.69) is 15.3 Å². The maximum absolute atomic E-state index is 12.9. The number of hydrogen-bond donors (Lipinski definition) is 1. The lowest BCUT2D eigenvalue weighted by Crippen LogP contribution is -2.46. The van der Waals surface area contributed by atoms with Gasteiger partial charge in [-0.1, -0.05) is 12.1 Å². The van der Waals surface area contributed by atoms with E-state index in [9.17, 15) is 9.18 Å². The van der Waals surface area contributed by atoms with Gasteiger partial charge in [0.2, 0.25) is 0 Å². The number of anilines is 1. The zero-order valence-electron chi connectivity index (χ0n) is 13.8. The Morgan fingerprint density at radius 1 is 1.32 bits per heavy atom. The van der Waals surface area contributed by atoms with E-state index < -0.39 is 5.82 Å². The molecule has 25 heavy (non-hydrogen) atoms. The van der Waals surface area contributed by atoms with Crippen LogP contribution in [0.25, 0.3) is 0 Å². The van der Waals surface area contributed by atoms with E-state index in [1.54, 1.807) is 24.1 Å². The average molecular weight is 346 g/mol. The molecule has 0 spiro atoms. The number of urea groups is 1. The number of piperidine rings is 1. The van der Waals surface area contributed by atoms with Crippen LogP contribution < -0.4 is 14.8 Å². The first-order valence-electron chi connectivity index (χ1n) is 7.99. The van der Waals surface area contributed by atoms with Gasteiger partial charge in [0.1, 0.15) is 11.9 Å². The molecule has 1 fully saturated rings. The van der Waals surface area contributed by atoms with E-state index in [0.717, 1.165) is 25.2 Å². The molecule has 1 N–H and O–H groups in total. The number of amides is 2. The summed E-state index contributed by atoms with van der Waals surface area (Å²) in [6.07, 6.45) is 3.45. The summed E-state index contributed by atoms with van der Waals surface area (Å²) < 4.78 is 23.7. The van der Waals surface area contributed by atoms with Crippen LogP contribution >= 0.6 is 0 Å². The number of benzene rings is 1. The highest BCUT2D eigenvalue weighted by Gasteiger charge is 2.26. The predicted molar refractivity (Wildman–Crippen MR) is 89.2 cm³/mol. The molecule has 2 aromatic rings. The Balaban J connectivity index is 1.60. The molecule has 7 nitrogen and oxygen atoms in total. The standard InChI is InChI=1S/C17H19FN4O3/c1-24-15-7-3-2-6-14(15)21-17(23)22-8-4-5-13(11-22)25-16-19-9-12(18)10-20-16/h2-3,6-7,9-10,13H,4-5,8,11H2,1H3,(H,21,23)/t13-/m1/s1. The molecule has 0 saturated carbocycles. The van der Waals surface area contributed by atoms with E-state index in [1.807, 2.05) is 12.1 Å². The van der Waals surface area contributed by atoms with Gasteiger partial charge in [-0.25, -0.2) is 19.2 Å². The van der Waals surface area contributed by atoms with Gasteiger partial charge in [0, 0.05) is 6.54 Å². The molecule has 0 radical (unpaired) electrons. The van der Waals surface area contributed by atoms with Crippen molar-refractivity contribution in [3.05, 3.63) is 42.5 Å². The first-order valence-corrected chi connectivity index (χ1v) is 7.99. The van der Waals surface area contributed by atoms with Crippen LogP contribution in [0, 0.1) is 5.82 Å². The van der Waals surface area contributed by atoms with Crippen molar-refractivity contribution in [2.75, 3.05) is 25.5 Å². The summed E-state index contributed by atoms with van der Waals surface area (Å²) in [5.74, 6) is 0.0779. The number of likely N-dealkylation sites (tertiary alicyclic amines) is 1. The first kappa shape index (κ1) is 16.9. The van der Waals surface area contributed by atoms with Gasteiger partial charge >= 0.3 is 12.0 Å². The Kier molecular flexibility index (Phi) is 5.27. The number of rotatable bonds is 4. The van der Waals surface area contributed by atoms with E-state index in [1.165, 1.54) is 0 Å². The van der Waals surface area contributed by atoms with Gasteiger partial charge < -0.3 is 19.7 Å². The van der Waals surface area contributed by atoms with E-state index >= 15 is 0 Å². The van der Waals surface area contributed by atoms with Crippen LogP contribution in [0.2, 0.25) is 0 Å². The Morgan fingerprint density at radius 3 is 2.84 bits per heavy atom. The average Bonchev–Trinajstić information content (AvgIpc) is 2.64. The van der Waals surface area contributed by atoms with Crippen molar-refractivity contribution in [1.82, 2.24) is 14.9 Å². The summed E-state index contributed by atoms with van der Waals surface area (Å²) in [6, 6.07) is 7.11. The van der Waals surface area contributed by atoms with Crippen LogP contribution in [0.3, 0.4) is 0 Å². The third-order valence-corrected chi connectivity index (χ3v) is 3.88. The van der Waals surface area contributed by atoms with E-state index in [4.69, 9.17) is 9.47 Å². The minimum atomic E-state index is -0.520. The van der Waals surface area contributed by atoms with Crippen LogP contribution in [-0.4, -0.2) is 47.2 Å². The molecule has 8 heteroatoms. The smallest absolute Gasteiger partial charge is 0.322 e. The molecule has 1 aromatic heterocycles. The molecule has 3 rings (SSSR count). The minimum Gasteiger partial charge on any atom is -0.495 e. The number of para-hydroxylation sites is 2. The molecule has 1 aliphatic heterocycles. The van der Waals surface area contributed by atoms with Gasteiger partial charge in [-0.3, -0.25) is 0 Å². The van der Waals surface area contributed by atoms with Crippen LogP contribution in [0.4, 0.5) is 14.9 Å². The second-order valence-electron chi connectivity index (χ2n) is 5.64. The Labute approximate surface area is 144 Å². The Morgan fingerprint density at radius 2 is 2.08 bits per heavy atom. The second kappa shape index (κ2) is 7.78. The van der Waals surface area contributed by atoms with Crippen molar-refractivity contribution in [3.63, 3.8) is 0 Å². The first-order chi connectivity index (χ1) is 12.2. The van der Waals surface area contributed by atoms with Gasteiger partial charge in [-0.2, -0.15) is 0 Å². The molecule has 132 valence electrons. The lowest BCUT2D eigenvalue weighted by Gasteiger charge is -2.32. The molecule has 1 aromatic carbocycles. The summed E-state index contributed by atoms with van der Waals surface area (Å²) in [4.78, 5) is 21.7. The van der Waals surface area contributed by atoms with Crippen molar-refractivity contribution in [1.29, 1.82) is 0 Å². The third-order valence-electron chi connectivity index (χ3n) is 3.88. The number of methoxy groups -OCH3 is 1. The van der Waals surface area contributed by atoms with Crippen molar-refractivity contribution < 1.29 is 18.7 Å². The van der Waals surface area contributed by atoms with Gasteiger partial charge in [0.25, 0.3) is 0 Å². The van der Waals surface area contributed by atoms with Crippen molar-refractivity contribution in [2.24, 2.45) is 0 Å². The normalized spacial score (nSPS) is 17.0. The molecule has 2 heterocycles. The summed E-state index contributed by atoms with van der Waals surface area (Å²) in [5, 5.41) is 2.85. The summed E-state index contributed by atoms with van der Waals surface area (Å²) in [7, 11) is 1.55. The molecule has 1 atom stereocenters. The van der Waals surface area contributed by atoms with Gasteiger partial charge in [0.05, 0.1) is 31.7 Å². The largest absolute Gasteiger partial charge is 0.495 e. The molecule has 0 bridgehead atoms. The quantitative estimate of drug-likeness (QED) is 0.921. The lowest BCUT2D eigenvalue weighted by molar-refractivity contribution is 0.0980. The summed E-state index contributed by atoms with van der Waals surface area (Å²) in [6.45, 7) is 1.03. The number of aromatic nitrogens is 2. The van der Waals surface area contributed by atoms with Crippen LogP contribution in [0.15, 0.2) is 36.7 Å². The molecule has 1 aliphatic rings. The van der Waals surface area contributed by atoms with Gasteiger partial charge in [0.15, 0.2) is 5.82 Å². The number of hydrogen-bond acceptors (Lipinski definition) is 5. The highest BCUT2D eigenvalue weighted by atomic mass is 19.1. The van der Waals surface area contributed by atoms with E-state index in [-0.39, 0.29) is 18.1 Å². The molecule has 0 unspecified atom stereocenters. The molecular formula is C17H19FN4O3. The number of carbonyl (C=O) groups excluding carboxylic acids is 1. The zero-order chi connectivity index (χ0) is 17.6. The highest BCUT2D eigenvalue weighted by Crippen LogP contribution is 2.24. The zero-order valence-corrected chi connectivity index (χ0v) is 13.8. The Hall–Kier alpha value is -2.90. The van der Waals surface area contributed by atoms with Crippen molar-refractivity contribution in [2.45, 2.75) is 18.9 Å². The van der Waals surface area contributed by atoms with Crippen LogP contribution in [0.1, 0.15) is 12.8 Å². The van der Waals surface area contributed by atoms with Crippen molar-refractivity contribution in [3.8, 4) is 11.8 Å². The number of nitrogens with one attached hydrogen (secondary N) is 1. The summed E-state index contributed by atoms with van der Waals surface area (Å²) in [5.41, 5.74) is 0.611. The maximum atomic E-state index is 12.9. The SMILES string of the molecule is COc1ccccc1NC(=O)N1CCC[C@@H](Oc2ncc(F)cn2)C1. The second-order valence-corrected chi connectivity index (χ2v) is 5.64. The lowest BCUT2D eigenvalue weighted by atomic mass is 10.1. The molecule has 1 saturated heterocycles. The van der Waals surface area contributed by atoms with Gasteiger partial charge in [-0.15, -0.1) is 0 Å². The molecule has 0 aliphatic carbocycles. The fourth-order valence-electron chi connectivity index (χ4n) is 2.67. The van der Waals surface area contributed by atoms with Crippen molar-refractivity contribution >= 4 is 11.7 Å². The summed E-state index contributed by atoms with van der Waals surface area (Å²) >= 11 is 0. The van der Waals surface area contributed by atoms with Crippen LogP contribution in [0.5, 0.6) is 11.8 Å². The topological polar surface area (TPSA) is 76.6 Å². The molecule has 2 amide bonds. The Bertz CT molecular complexity index is 726. The number of nitrogens with zero attached hydrogens (tertiary/aromatic N) is 3. The van der Waals surface area contributed by atoms with Gasteiger partial charge in [-0.05, 0) is 25.0 Å². The predicted octanol–water partition coefficient (Wildman–Crippen LogP) is 2.70. The number of ether oxygens (including phenoxy) is 2. The highest BCUT2D eigenvalue weighted by molar-refractivity contribution is 5.91. The number of halogens is 1. The van der Waals surface area contributed by atoms with Crippen LogP contribution in [-0.2, 0) is 0 Å². The number of carbonyl (C=O) groups is 1. The van der Waals surface area contributed by atoms with E-state index in [0.29, 0.717) is 24.5 Å². The minimum absolute atomic E-state index is 0.110. The fourth-order valence-corrected chi connectivity index (χ4v) is 2.67. The maximum Gasteiger partial charge on any atom is 0.322 e. The third kappa shape index (κ3) is 4.34. The monoisotopic (exact) mass is 346 g/mol. The molecular weight excluding hydrogens is 327 g/mol. The fraction of sp³-hybridized carbons (Fsp3) is 0.353.